The fourth-order valence-corrected chi connectivity index (χ4v) is 7.33. The smallest absolute Gasteiger partial charge is 0.160 e. The molecule has 0 saturated heterocycles. The van der Waals surface area contributed by atoms with E-state index in [0.29, 0.717) is 0 Å². The molecule has 0 amide bonds. The normalized spacial score (nSPS) is 12.3. The van der Waals surface area contributed by atoms with Gasteiger partial charge in [0.05, 0.1) is 11.2 Å². The van der Waals surface area contributed by atoms with E-state index in [1.165, 1.54) is 33.0 Å². The summed E-state index contributed by atoms with van der Waals surface area (Å²) in [5.41, 5.74) is 13.5. The Morgan fingerprint density at radius 1 is 0.435 bits per heavy atom. The van der Waals surface area contributed by atoms with E-state index in [-0.39, 0.29) is 0 Å². The van der Waals surface area contributed by atoms with Gasteiger partial charge in [0.2, 0.25) is 0 Å². The minimum atomic E-state index is 0.721. The van der Waals surface area contributed by atoms with E-state index < -0.39 is 0 Å². The van der Waals surface area contributed by atoms with Crippen molar-refractivity contribution in [1.29, 1.82) is 0 Å². The van der Waals surface area contributed by atoms with E-state index in [1.54, 1.807) is 0 Å². The monoisotopic (exact) mass is 586 g/mol. The summed E-state index contributed by atoms with van der Waals surface area (Å²) in [4.78, 5) is 10.3. The Hall–Kier alpha value is -6.06. The lowest BCUT2D eigenvalue weighted by atomic mass is 9.93. The first-order valence-electron chi connectivity index (χ1n) is 15.7. The number of para-hydroxylation sites is 2. The van der Waals surface area contributed by atoms with Gasteiger partial charge in [0.15, 0.2) is 5.82 Å². The van der Waals surface area contributed by atoms with Crippen molar-refractivity contribution in [3.63, 3.8) is 0 Å². The second-order valence-electron chi connectivity index (χ2n) is 12.1. The third-order valence-electron chi connectivity index (χ3n) is 9.56. The number of hydrogen-bond acceptors (Lipinski definition) is 3. The highest BCUT2D eigenvalue weighted by atomic mass is 16.3. The Bertz CT molecular complexity index is 2670. The van der Waals surface area contributed by atoms with Crippen LogP contribution in [0.25, 0.3) is 88.5 Å². The van der Waals surface area contributed by atoms with E-state index in [0.717, 1.165) is 73.0 Å². The van der Waals surface area contributed by atoms with Crippen LogP contribution in [0.2, 0.25) is 0 Å². The Kier molecular flexibility index (Phi) is 5.34. The molecule has 46 heavy (non-hydrogen) atoms. The highest BCUT2D eigenvalue weighted by Gasteiger charge is 2.22. The predicted molar refractivity (Wildman–Crippen MR) is 189 cm³/mol. The molecule has 0 bridgehead atoms. The van der Waals surface area contributed by atoms with Crippen molar-refractivity contribution in [1.82, 2.24) is 9.97 Å². The van der Waals surface area contributed by atoms with Crippen LogP contribution in [0.5, 0.6) is 0 Å². The van der Waals surface area contributed by atoms with Crippen LogP contribution in [-0.2, 0) is 6.42 Å². The summed E-state index contributed by atoms with van der Waals surface area (Å²) in [5, 5.41) is 5.85. The number of rotatable bonds is 3. The molecular weight excluding hydrogens is 560 g/mol. The van der Waals surface area contributed by atoms with Crippen molar-refractivity contribution in [2.24, 2.45) is 0 Å². The molecule has 3 nitrogen and oxygen atoms in total. The molecule has 9 aromatic rings. The molecule has 214 valence electrons. The average molecular weight is 587 g/mol. The summed E-state index contributed by atoms with van der Waals surface area (Å²) >= 11 is 0. The zero-order valence-electron chi connectivity index (χ0n) is 24.9. The molecule has 2 heterocycles. The van der Waals surface area contributed by atoms with Gasteiger partial charge in [0, 0.05) is 27.3 Å². The van der Waals surface area contributed by atoms with Crippen molar-refractivity contribution >= 4 is 43.6 Å². The summed E-state index contributed by atoms with van der Waals surface area (Å²) in [7, 11) is 0. The van der Waals surface area contributed by atoms with Crippen LogP contribution in [0.1, 0.15) is 11.1 Å². The largest absolute Gasteiger partial charge is 0.456 e. The maximum atomic E-state index is 6.16. The number of furan rings is 1. The first-order chi connectivity index (χ1) is 22.8. The van der Waals surface area contributed by atoms with Crippen molar-refractivity contribution < 1.29 is 4.42 Å². The molecule has 0 saturated carbocycles. The molecule has 0 unspecified atom stereocenters. The molecule has 0 N–H and O–H groups in total. The van der Waals surface area contributed by atoms with Gasteiger partial charge in [0.1, 0.15) is 11.2 Å². The zero-order chi connectivity index (χ0) is 30.2. The lowest BCUT2D eigenvalue weighted by molar-refractivity contribution is 0.669. The van der Waals surface area contributed by atoms with Crippen molar-refractivity contribution in [3.05, 3.63) is 157 Å². The van der Waals surface area contributed by atoms with Crippen LogP contribution in [0.15, 0.2) is 150 Å². The second kappa shape index (κ2) is 9.72. The van der Waals surface area contributed by atoms with Gasteiger partial charge >= 0.3 is 0 Å². The van der Waals surface area contributed by atoms with Gasteiger partial charge in [-0.3, -0.25) is 0 Å². The van der Waals surface area contributed by atoms with Gasteiger partial charge in [-0.2, -0.15) is 0 Å². The van der Waals surface area contributed by atoms with Crippen molar-refractivity contribution in [3.8, 4) is 44.9 Å². The number of benzene rings is 7. The number of fused-ring (bicyclic) bond motifs is 9. The molecule has 10 rings (SSSR count). The zero-order valence-corrected chi connectivity index (χ0v) is 24.9. The summed E-state index contributed by atoms with van der Waals surface area (Å²) in [6.45, 7) is 0. The lowest BCUT2D eigenvalue weighted by Crippen LogP contribution is -1.96. The van der Waals surface area contributed by atoms with E-state index in [2.05, 4.69) is 127 Å². The fourth-order valence-electron chi connectivity index (χ4n) is 7.33. The first-order valence-corrected chi connectivity index (χ1v) is 15.7. The third kappa shape index (κ3) is 3.79. The molecule has 2 aromatic heterocycles. The fraction of sp³-hybridized carbons (Fsp3) is 0.0233. The van der Waals surface area contributed by atoms with Crippen molar-refractivity contribution in [2.75, 3.05) is 0 Å². The van der Waals surface area contributed by atoms with Gasteiger partial charge in [-0.15, -0.1) is 0 Å². The third-order valence-corrected chi connectivity index (χ3v) is 9.56. The van der Waals surface area contributed by atoms with Crippen LogP contribution in [-0.4, -0.2) is 9.97 Å². The number of aromatic nitrogens is 2. The standard InChI is InChI=1S/C43H26N2O/c1-2-9-30-29(8-1)24-38-31-12-7-13-36(33(31)23-22-32(30)38)42-37-11-3-5-14-39(37)44-43(45-42)27-18-16-26(17-19-27)28-20-21-35-34-10-4-6-15-40(34)46-41(35)25-28/h1-23,25H,24H2. The van der Waals surface area contributed by atoms with Crippen LogP contribution in [0.4, 0.5) is 0 Å². The lowest BCUT2D eigenvalue weighted by Gasteiger charge is -2.14. The first kappa shape index (κ1) is 25.3. The Labute approximate surface area is 265 Å². The molecule has 0 fully saturated rings. The number of nitrogens with zero attached hydrogens (tertiary/aromatic N) is 2. The Morgan fingerprint density at radius 2 is 1.13 bits per heavy atom. The van der Waals surface area contributed by atoms with Gasteiger partial charge in [-0.25, -0.2) is 9.97 Å². The van der Waals surface area contributed by atoms with E-state index in [1.807, 2.05) is 18.2 Å². The highest BCUT2D eigenvalue weighted by molar-refractivity contribution is 6.07. The van der Waals surface area contributed by atoms with Gasteiger partial charge in [0.25, 0.3) is 0 Å². The van der Waals surface area contributed by atoms with Gasteiger partial charge in [-0.05, 0) is 74.8 Å². The molecule has 3 heteroatoms. The molecule has 0 atom stereocenters. The van der Waals surface area contributed by atoms with Crippen LogP contribution in [0, 0.1) is 0 Å². The van der Waals surface area contributed by atoms with Crippen LogP contribution in [0.3, 0.4) is 0 Å². The average Bonchev–Trinajstić information content (AvgIpc) is 3.69. The predicted octanol–water partition coefficient (Wildman–Crippen LogP) is 11.3. The minimum Gasteiger partial charge on any atom is -0.456 e. The van der Waals surface area contributed by atoms with Crippen molar-refractivity contribution in [2.45, 2.75) is 6.42 Å². The minimum absolute atomic E-state index is 0.721. The quantitative estimate of drug-likeness (QED) is 0.207. The summed E-state index contributed by atoms with van der Waals surface area (Å²) in [6, 6.07) is 51.5. The SMILES string of the molecule is c1ccc2c(c1)Cc1c-2ccc2c(-c3nc(-c4ccc(-c5ccc6c(c5)oc5ccccc56)cc4)nc4ccccc34)cccc12. The molecule has 1 aliphatic carbocycles. The maximum absolute atomic E-state index is 6.16. The molecule has 1 aliphatic rings. The van der Waals surface area contributed by atoms with Crippen LogP contribution >= 0.6 is 0 Å². The molecule has 0 aliphatic heterocycles. The summed E-state index contributed by atoms with van der Waals surface area (Å²) in [6.07, 6.45) is 0.956. The molecule has 0 radical (unpaired) electrons. The molecule has 7 aromatic carbocycles. The highest BCUT2D eigenvalue weighted by Crippen LogP contribution is 2.43. The van der Waals surface area contributed by atoms with Gasteiger partial charge in [-0.1, -0.05) is 121 Å². The maximum Gasteiger partial charge on any atom is 0.160 e. The molecule has 0 spiro atoms. The second-order valence-corrected chi connectivity index (χ2v) is 12.1. The summed E-state index contributed by atoms with van der Waals surface area (Å²) in [5.74, 6) is 0.721. The van der Waals surface area contributed by atoms with E-state index >= 15 is 0 Å². The van der Waals surface area contributed by atoms with E-state index in [9.17, 15) is 0 Å². The van der Waals surface area contributed by atoms with E-state index in [4.69, 9.17) is 14.4 Å². The molecular formula is C43H26N2O. The van der Waals surface area contributed by atoms with Gasteiger partial charge < -0.3 is 4.42 Å². The number of hydrogen-bond donors (Lipinski definition) is 0. The Morgan fingerprint density at radius 3 is 2.07 bits per heavy atom. The topological polar surface area (TPSA) is 38.9 Å². The Balaban J connectivity index is 1.08. The summed E-state index contributed by atoms with van der Waals surface area (Å²) < 4.78 is 6.16. The van der Waals surface area contributed by atoms with Crippen LogP contribution < -0.4 is 0 Å².